The summed E-state index contributed by atoms with van der Waals surface area (Å²) < 4.78 is 39.1. The Morgan fingerprint density at radius 3 is 2.00 bits per heavy atom. The number of hydrogen-bond acceptors (Lipinski definition) is 0. The highest BCUT2D eigenvalue weighted by Crippen LogP contribution is 2.30. The van der Waals surface area contributed by atoms with Gasteiger partial charge >= 0.3 is 0 Å². The third-order valence-electron chi connectivity index (χ3n) is 2.17. The lowest BCUT2D eigenvalue weighted by atomic mass is 10.1. The van der Waals surface area contributed by atoms with E-state index >= 15 is 0 Å². The van der Waals surface area contributed by atoms with Crippen LogP contribution in [0, 0.1) is 17.5 Å². The Balaban J connectivity index is 2.56. The Kier molecular flexibility index (Phi) is 3.01. The smallest absolute Gasteiger partial charge is 0.159 e. The molecular formula is C12H6BrF3. The van der Waals surface area contributed by atoms with E-state index in [2.05, 4.69) is 15.9 Å². The van der Waals surface area contributed by atoms with E-state index in [1.807, 2.05) is 0 Å². The lowest BCUT2D eigenvalue weighted by molar-refractivity contribution is 0.508. The first-order valence-corrected chi connectivity index (χ1v) is 5.27. The molecule has 0 heterocycles. The molecule has 0 atom stereocenters. The Morgan fingerprint density at radius 2 is 1.38 bits per heavy atom. The molecule has 0 unspecified atom stereocenters. The van der Waals surface area contributed by atoms with Crippen LogP contribution in [0.25, 0.3) is 11.1 Å². The summed E-state index contributed by atoms with van der Waals surface area (Å²) in [6.07, 6.45) is 0. The molecule has 4 heteroatoms. The van der Waals surface area contributed by atoms with Crippen molar-refractivity contribution in [3.8, 4) is 11.1 Å². The second-order valence-corrected chi connectivity index (χ2v) is 4.11. The maximum Gasteiger partial charge on any atom is 0.159 e. The van der Waals surface area contributed by atoms with Gasteiger partial charge in [0.05, 0.1) is 0 Å². The van der Waals surface area contributed by atoms with Crippen LogP contribution in [0.3, 0.4) is 0 Å². The minimum absolute atomic E-state index is 0.373. The molecule has 2 aromatic carbocycles. The van der Waals surface area contributed by atoms with Crippen LogP contribution in [0.2, 0.25) is 0 Å². The average molecular weight is 287 g/mol. The largest absolute Gasteiger partial charge is 0.207 e. The van der Waals surface area contributed by atoms with Gasteiger partial charge in [0.2, 0.25) is 0 Å². The van der Waals surface area contributed by atoms with E-state index in [1.54, 1.807) is 0 Å². The van der Waals surface area contributed by atoms with E-state index in [0.29, 0.717) is 15.6 Å². The predicted molar refractivity (Wildman–Crippen MR) is 59.5 cm³/mol. The van der Waals surface area contributed by atoms with Crippen LogP contribution in [0.4, 0.5) is 13.2 Å². The third-order valence-corrected chi connectivity index (χ3v) is 2.82. The van der Waals surface area contributed by atoms with Gasteiger partial charge in [0.15, 0.2) is 11.6 Å². The van der Waals surface area contributed by atoms with Crippen molar-refractivity contribution >= 4 is 15.9 Å². The topological polar surface area (TPSA) is 0 Å². The fourth-order valence-electron chi connectivity index (χ4n) is 1.37. The van der Waals surface area contributed by atoms with Crippen LogP contribution >= 0.6 is 15.9 Å². The summed E-state index contributed by atoms with van der Waals surface area (Å²) in [6.45, 7) is 0. The Bertz CT molecular complexity index is 521. The monoisotopic (exact) mass is 286 g/mol. The summed E-state index contributed by atoms with van der Waals surface area (Å²) >= 11 is 3.14. The Hall–Kier alpha value is -1.29. The van der Waals surface area contributed by atoms with Crippen molar-refractivity contribution in [2.24, 2.45) is 0 Å². The van der Waals surface area contributed by atoms with Crippen molar-refractivity contribution in [1.82, 2.24) is 0 Å². The van der Waals surface area contributed by atoms with Gasteiger partial charge < -0.3 is 0 Å². The summed E-state index contributed by atoms with van der Waals surface area (Å²) in [5.74, 6) is -2.22. The summed E-state index contributed by atoms with van der Waals surface area (Å²) in [5, 5.41) is 0. The first-order chi connectivity index (χ1) is 7.58. The van der Waals surface area contributed by atoms with Crippen molar-refractivity contribution in [1.29, 1.82) is 0 Å². The summed E-state index contributed by atoms with van der Waals surface area (Å²) in [7, 11) is 0. The molecule has 0 saturated carbocycles. The molecule has 0 amide bonds. The predicted octanol–water partition coefficient (Wildman–Crippen LogP) is 4.53. The summed E-state index contributed by atoms with van der Waals surface area (Å²) in [6, 6.07) is 7.67. The molecule has 0 radical (unpaired) electrons. The first-order valence-electron chi connectivity index (χ1n) is 4.48. The lowest BCUT2D eigenvalue weighted by Gasteiger charge is -2.05. The fraction of sp³-hybridized carbons (Fsp3) is 0. The van der Waals surface area contributed by atoms with Crippen LogP contribution in [0.15, 0.2) is 40.9 Å². The Labute approximate surface area is 98.9 Å². The minimum atomic E-state index is -0.928. The number of halogens is 4. The molecule has 0 nitrogen and oxygen atoms in total. The highest BCUT2D eigenvalue weighted by Gasteiger charge is 2.09. The lowest BCUT2D eigenvalue weighted by Crippen LogP contribution is -1.88. The van der Waals surface area contributed by atoms with Gasteiger partial charge in [0, 0.05) is 4.47 Å². The average Bonchev–Trinajstić information content (AvgIpc) is 2.25. The number of hydrogen-bond donors (Lipinski definition) is 0. The maximum absolute atomic E-state index is 13.1. The van der Waals surface area contributed by atoms with E-state index in [-0.39, 0.29) is 5.82 Å². The Morgan fingerprint density at radius 1 is 0.812 bits per heavy atom. The molecule has 0 aliphatic heterocycles. The van der Waals surface area contributed by atoms with Crippen molar-refractivity contribution in [3.05, 3.63) is 58.3 Å². The summed E-state index contributed by atoms with van der Waals surface area (Å²) in [4.78, 5) is 0. The van der Waals surface area contributed by atoms with Gasteiger partial charge in [-0.3, -0.25) is 0 Å². The molecule has 0 fully saturated rings. The van der Waals surface area contributed by atoms with Crippen LogP contribution < -0.4 is 0 Å². The quantitative estimate of drug-likeness (QED) is 0.676. The number of rotatable bonds is 1. The van der Waals surface area contributed by atoms with Gasteiger partial charge in [-0.05, 0) is 35.4 Å². The van der Waals surface area contributed by atoms with E-state index < -0.39 is 11.6 Å². The zero-order valence-corrected chi connectivity index (χ0v) is 9.56. The standard InChI is InChI=1S/C12H6BrF3/c13-10-6-12(16)11(15)5-9(10)7-1-3-8(14)4-2-7/h1-6H. The highest BCUT2D eigenvalue weighted by atomic mass is 79.9. The molecule has 82 valence electrons. The fourth-order valence-corrected chi connectivity index (χ4v) is 1.92. The van der Waals surface area contributed by atoms with Crippen LogP contribution in [-0.4, -0.2) is 0 Å². The van der Waals surface area contributed by atoms with Gasteiger partial charge in [0.1, 0.15) is 5.82 Å². The zero-order valence-electron chi connectivity index (χ0n) is 7.98. The SMILES string of the molecule is Fc1ccc(-c2cc(F)c(F)cc2Br)cc1. The van der Waals surface area contributed by atoms with Crippen molar-refractivity contribution < 1.29 is 13.2 Å². The van der Waals surface area contributed by atoms with Crippen LogP contribution in [0.5, 0.6) is 0 Å². The van der Waals surface area contributed by atoms with E-state index in [0.717, 1.165) is 12.1 Å². The molecule has 0 bridgehead atoms. The van der Waals surface area contributed by atoms with Crippen LogP contribution in [-0.2, 0) is 0 Å². The molecule has 0 aliphatic carbocycles. The van der Waals surface area contributed by atoms with Gasteiger partial charge in [-0.15, -0.1) is 0 Å². The molecule has 0 N–H and O–H groups in total. The second-order valence-electron chi connectivity index (χ2n) is 3.25. The van der Waals surface area contributed by atoms with Crippen molar-refractivity contribution in [2.45, 2.75) is 0 Å². The molecule has 0 spiro atoms. The zero-order chi connectivity index (χ0) is 11.7. The molecule has 0 aromatic heterocycles. The van der Waals surface area contributed by atoms with E-state index in [1.165, 1.54) is 24.3 Å². The normalized spacial score (nSPS) is 10.5. The maximum atomic E-state index is 13.1. The van der Waals surface area contributed by atoms with Gasteiger partial charge in [0.25, 0.3) is 0 Å². The van der Waals surface area contributed by atoms with Gasteiger partial charge in [-0.25, -0.2) is 13.2 Å². The molecule has 2 rings (SSSR count). The number of benzene rings is 2. The molecule has 0 saturated heterocycles. The molecule has 2 aromatic rings. The van der Waals surface area contributed by atoms with Crippen molar-refractivity contribution in [2.75, 3.05) is 0 Å². The minimum Gasteiger partial charge on any atom is -0.207 e. The van der Waals surface area contributed by atoms with Gasteiger partial charge in [-0.1, -0.05) is 28.1 Å². The van der Waals surface area contributed by atoms with Crippen LogP contribution in [0.1, 0.15) is 0 Å². The molecular weight excluding hydrogens is 281 g/mol. The molecule has 0 aliphatic rings. The van der Waals surface area contributed by atoms with E-state index in [4.69, 9.17) is 0 Å². The second kappa shape index (κ2) is 4.29. The van der Waals surface area contributed by atoms with Crippen molar-refractivity contribution in [3.63, 3.8) is 0 Å². The first kappa shape index (κ1) is 11.2. The summed E-state index contributed by atoms with van der Waals surface area (Å²) in [5.41, 5.74) is 1.10. The highest BCUT2D eigenvalue weighted by molar-refractivity contribution is 9.10. The third kappa shape index (κ3) is 2.11. The van der Waals surface area contributed by atoms with E-state index in [9.17, 15) is 13.2 Å². The molecule has 16 heavy (non-hydrogen) atoms. The van der Waals surface area contributed by atoms with Gasteiger partial charge in [-0.2, -0.15) is 0 Å².